The molecule has 1 aromatic carbocycles. The summed E-state index contributed by atoms with van der Waals surface area (Å²) in [6.45, 7) is 3.01. The minimum Gasteiger partial charge on any atom is -0.379 e. The van der Waals surface area contributed by atoms with Gasteiger partial charge in [-0.3, -0.25) is 10.1 Å². The van der Waals surface area contributed by atoms with Crippen LogP contribution in [0.25, 0.3) is 0 Å². The lowest BCUT2D eigenvalue weighted by Gasteiger charge is -2.26. The maximum Gasteiger partial charge on any atom is 0.293 e. The molecule has 0 heterocycles. The van der Waals surface area contributed by atoms with Crippen LogP contribution in [0.5, 0.6) is 0 Å². The number of hydrogen-bond acceptors (Lipinski definition) is 3. The van der Waals surface area contributed by atoms with Crippen molar-refractivity contribution in [3.8, 4) is 0 Å². The third-order valence-corrected chi connectivity index (χ3v) is 4.67. The summed E-state index contributed by atoms with van der Waals surface area (Å²) in [7, 11) is 0. The Labute approximate surface area is 128 Å². The minimum atomic E-state index is -0.437. The van der Waals surface area contributed by atoms with E-state index in [-0.39, 0.29) is 10.7 Å². The molecule has 1 aliphatic carbocycles. The van der Waals surface area contributed by atoms with Crippen molar-refractivity contribution in [1.82, 2.24) is 0 Å². The van der Waals surface area contributed by atoms with Crippen molar-refractivity contribution >= 4 is 34.6 Å². The van der Waals surface area contributed by atoms with E-state index in [0.29, 0.717) is 16.6 Å². The third kappa shape index (κ3) is 3.76. The van der Waals surface area contributed by atoms with Gasteiger partial charge in [0.15, 0.2) is 0 Å². The van der Waals surface area contributed by atoms with E-state index in [9.17, 15) is 10.1 Å². The molecule has 0 saturated heterocycles. The van der Waals surface area contributed by atoms with E-state index in [4.69, 9.17) is 23.2 Å². The minimum absolute atomic E-state index is 0.0245. The first kappa shape index (κ1) is 15.4. The van der Waals surface area contributed by atoms with Crippen LogP contribution in [-0.4, -0.2) is 11.5 Å². The average molecular weight is 317 g/mol. The smallest absolute Gasteiger partial charge is 0.293 e. The van der Waals surface area contributed by atoms with Gasteiger partial charge in [-0.2, -0.15) is 0 Å². The average Bonchev–Trinajstić information content (AvgIpc) is 2.41. The Balaban J connectivity index is 2.05. The molecule has 1 fully saturated rings. The molecule has 6 heteroatoms. The summed E-state index contributed by atoms with van der Waals surface area (Å²) in [5.41, 5.74) is 0.423. The van der Waals surface area contributed by atoms with Crippen LogP contribution in [0.2, 0.25) is 10.0 Å². The van der Waals surface area contributed by atoms with Gasteiger partial charge in [-0.25, -0.2) is 0 Å². The van der Waals surface area contributed by atoms with E-state index >= 15 is 0 Å². The molecule has 20 heavy (non-hydrogen) atoms. The van der Waals surface area contributed by atoms with Crippen molar-refractivity contribution in [2.75, 3.05) is 11.9 Å². The van der Waals surface area contributed by atoms with Crippen LogP contribution in [0.15, 0.2) is 12.1 Å². The highest BCUT2D eigenvalue weighted by Gasteiger charge is 2.21. The Hall–Kier alpha value is -1.00. The number of rotatable bonds is 4. The first-order valence-electron chi connectivity index (χ1n) is 6.84. The van der Waals surface area contributed by atoms with Crippen molar-refractivity contribution in [2.24, 2.45) is 11.8 Å². The monoisotopic (exact) mass is 316 g/mol. The lowest BCUT2D eigenvalue weighted by molar-refractivity contribution is -0.383. The molecule has 0 radical (unpaired) electrons. The molecule has 0 aliphatic heterocycles. The first-order valence-corrected chi connectivity index (χ1v) is 7.60. The summed E-state index contributed by atoms with van der Waals surface area (Å²) in [6.07, 6.45) is 4.80. The lowest BCUT2D eigenvalue weighted by atomic mass is 9.83. The molecular formula is C14H18Cl2N2O2. The highest BCUT2D eigenvalue weighted by molar-refractivity contribution is 6.42. The number of nitro groups is 1. The molecule has 1 saturated carbocycles. The fourth-order valence-electron chi connectivity index (χ4n) is 2.62. The van der Waals surface area contributed by atoms with Gasteiger partial charge in [0.1, 0.15) is 5.69 Å². The van der Waals surface area contributed by atoms with Gasteiger partial charge in [0.05, 0.1) is 15.0 Å². The fourth-order valence-corrected chi connectivity index (χ4v) is 2.94. The van der Waals surface area contributed by atoms with E-state index < -0.39 is 4.92 Å². The molecule has 0 atom stereocenters. The van der Waals surface area contributed by atoms with Crippen LogP contribution in [0.4, 0.5) is 11.4 Å². The zero-order chi connectivity index (χ0) is 14.7. The Morgan fingerprint density at radius 1 is 1.25 bits per heavy atom. The summed E-state index contributed by atoms with van der Waals surface area (Å²) >= 11 is 11.8. The number of anilines is 1. The molecule has 1 aliphatic rings. The predicted molar refractivity (Wildman–Crippen MR) is 82.7 cm³/mol. The molecule has 1 aromatic rings. The number of halogens is 2. The summed E-state index contributed by atoms with van der Waals surface area (Å²) in [5, 5.41) is 14.7. The van der Waals surface area contributed by atoms with Crippen LogP contribution in [0, 0.1) is 22.0 Å². The van der Waals surface area contributed by atoms with Gasteiger partial charge >= 0.3 is 0 Å². The third-order valence-electron chi connectivity index (χ3n) is 3.95. The fraction of sp³-hybridized carbons (Fsp3) is 0.571. The number of nitrogens with one attached hydrogen (secondary N) is 1. The molecule has 2 rings (SSSR count). The molecule has 0 bridgehead atoms. The van der Waals surface area contributed by atoms with Crippen molar-refractivity contribution in [3.63, 3.8) is 0 Å². The molecule has 0 amide bonds. The van der Waals surface area contributed by atoms with E-state index in [2.05, 4.69) is 12.2 Å². The first-order chi connectivity index (χ1) is 9.47. The SMILES string of the molecule is CC1CCC(CNc2cc(Cl)c(Cl)cc2[N+](=O)[O-])CC1. The van der Waals surface area contributed by atoms with E-state index in [1.165, 1.54) is 37.8 Å². The molecule has 4 nitrogen and oxygen atoms in total. The topological polar surface area (TPSA) is 55.2 Å². The second-order valence-corrected chi connectivity index (χ2v) is 6.36. The van der Waals surface area contributed by atoms with Gasteiger partial charge in [-0.1, -0.05) is 43.0 Å². The molecule has 1 N–H and O–H groups in total. The molecule has 110 valence electrons. The molecule has 0 unspecified atom stereocenters. The highest BCUT2D eigenvalue weighted by atomic mass is 35.5. The van der Waals surface area contributed by atoms with Crippen LogP contribution < -0.4 is 5.32 Å². The van der Waals surface area contributed by atoms with Crippen LogP contribution in [0.3, 0.4) is 0 Å². The van der Waals surface area contributed by atoms with E-state index in [0.717, 1.165) is 12.5 Å². The van der Waals surface area contributed by atoms with Crippen molar-refractivity contribution in [2.45, 2.75) is 32.6 Å². The largest absolute Gasteiger partial charge is 0.379 e. The Morgan fingerprint density at radius 3 is 2.45 bits per heavy atom. The quantitative estimate of drug-likeness (QED) is 0.618. The van der Waals surface area contributed by atoms with Crippen molar-refractivity contribution in [1.29, 1.82) is 0 Å². The number of hydrogen-bond donors (Lipinski definition) is 1. The van der Waals surface area contributed by atoms with Gasteiger partial charge in [0.25, 0.3) is 5.69 Å². The van der Waals surface area contributed by atoms with Gasteiger partial charge < -0.3 is 5.32 Å². The normalized spacial score (nSPS) is 22.6. The summed E-state index contributed by atoms with van der Waals surface area (Å²) in [5.74, 6) is 1.37. The maximum absolute atomic E-state index is 11.0. The second-order valence-electron chi connectivity index (χ2n) is 5.55. The molecule has 0 spiro atoms. The van der Waals surface area contributed by atoms with Crippen LogP contribution in [-0.2, 0) is 0 Å². The number of nitro benzene ring substituents is 1. The maximum atomic E-state index is 11.0. The van der Waals surface area contributed by atoms with Crippen LogP contribution >= 0.6 is 23.2 Å². The Kier molecular flexibility index (Phi) is 5.11. The number of nitrogens with zero attached hydrogens (tertiary/aromatic N) is 1. The van der Waals surface area contributed by atoms with Gasteiger partial charge in [-0.05, 0) is 30.7 Å². The van der Waals surface area contributed by atoms with Crippen molar-refractivity contribution < 1.29 is 4.92 Å². The summed E-state index contributed by atoms with van der Waals surface area (Å²) < 4.78 is 0. The van der Waals surface area contributed by atoms with Crippen molar-refractivity contribution in [3.05, 3.63) is 32.3 Å². The number of benzene rings is 1. The van der Waals surface area contributed by atoms with Gasteiger partial charge in [0, 0.05) is 12.6 Å². The Bertz CT molecular complexity index is 500. The van der Waals surface area contributed by atoms with Crippen LogP contribution in [0.1, 0.15) is 32.6 Å². The lowest BCUT2D eigenvalue weighted by Crippen LogP contribution is -2.20. The summed E-state index contributed by atoms with van der Waals surface area (Å²) in [6, 6.07) is 2.84. The zero-order valence-corrected chi connectivity index (χ0v) is 12.9. The summed E-state index contributed by atoms with van der Waals surface area (Å²) in [4.78, 5) is 10.6. The van der Waals surface area contributed by atoms with E-state index in [1.807, 2.05) is 0 Å². The zero-order valence-electron chi connectivity index (χ0n) is 11.4. The molecule has 0 aromatic heterocycles. The standard InChI is InChI=1S/C14H18Cl2N2O2/c1-9-2-4-10(5-3-9)8-17-13-6-11(15)12(16)7-14(13)18(19)20/h6-7,9-10,17H,2-5,8H2,1H3. The van der Waals surface area contributed by atoms with Gasteiger partial charge in [-0.15, -0.1) is 0 Å². The van der Waals surface area contributed by atoms with E-state index in [1.54, 1.807) is 0 Å². The predicted octanol–water partition coefficient (Wildman–Crippen LogP) is 5.14. The Morgan fingerprint density at radius 2 is 1.85 bits per heavy atom. The van der Waals surface area contributed by atoms with Gasteiger partial charge in [0.2, 0.25) is 0 Å². The highest BCUT2D eigenvalue weighted by Crippen LogP contribution is 2.35. The second kappa shape index (κ2) is 6.64. The molecular weight excluding hydrogens is 299 g/mol.